The van der Waals surface area contributed by atoms with Crippen molar-refractivity contribution < 1.29 is 14.8 Å². The standard InChI is InChI=1S/C14H18N2O4S/c1-10-6-7-15(8-13(10)17)14(18)9-21-12-4-2-11(3-5-12)16(19)20/h2-5,10,13,17H,6-9H2,1H3. The average molecular weight is 310 g/mol. The SMILES string of the molecule is CC1CCN(C(=O)CSc2ccc([N+](=O)[O-])cc2)CC1O. The van der Waals surface area contributed by atoms with Gasteiger partial charge in [-0.15, -0.1) is 11.8 Å². The van der Waals surface area contributed by atoms with Crippen LogP contribution in [-0.4, -0.2) is 45.8 Å². The second kappa shape index (κ2) is 6.91. The summed E-state index contributed by atoms with van der Waals surface area (Å²) in [5, 5.41) is 20.4. The van der Waals surface area contributed by atoms with E-state index in [1.54, 1.807) is 17.0 Å². The molecule has 7 heteroatoms. The summed E-state index contributed by atoms with van der Waals surface area (Å²) in [6.07, 6.45) is 0.363. The molecular weight excluding hydrogens is 292 g/mol. The van der Waals surface area contributed by atoms with E-state index in [4.69, 9.17) is 0 Å². The third-order valence-electron chi connectivity index (χ3n) is 3.68. The predicted molar refractivity (Wildman–Crippen MR) is 80.2 cm³/mol. The van der Waals surface area contributed by atoms with Crippen LogP contribution in [0, 0.1) is 16.0 Å². The molecule has 0 aliphatic carbocycles. The zero-order chi connectivity index (χ0) is 15.4. The van der Waals surface area contributed by atoms with Gasteiger partial charge in [-0.3, -0.25) is 14.9 Å². The summed E-state index contributed by atoms with van der Waals surface area (Å²) in [5.74, 6) is 0.500. The van der Waals surface area contributed by atoms with Crippen molar-refractivity contribution in [1.82, 2.24) is 4.90 Å². The molecule has 6 nitrogen and oxygen atoms in total. The number of thioether (sulfide) groups is 1. The van der Waals surface area contributed by atoms with Gasteiger partial charge in [0.05, 0.1) is 16.8 Å². The zero-order valence-electron chi connectivity index (χ0n) is 11.8. The summed E-state index contributed by atoms with van der Waals surface area (Å²) in [6.45, 7) is 3.05. The van der Waals surface area contributed by atoms with Crippen LogP contribution in [0.4, 0.5) is 5.69 Å². The number of aliphatic hydroxyl groups is 1. The van der Waals surface area contributed by atoms with Crippen LogP contribution < -0.4 is 0 Å². The van der Waals surface area contributed by atoms with Crippen molar-refractivity contribution in [2.45, 2.75) is 24.3 Å². The number of rotatable bonds is 4. The van der Waals surface area contributed by atoms with Crippen LogP contribution >= 0.6 is 11.8 Å². The first kappa shape index (κ1) is 15.8. The number of piperidine rings is 1. The predicted octanol–water partition coefficient (Wildman–Crippen LogP) is 1.92. The Kier molecular flexibility index (Phi) is 5.19. The summed E-state index contributed by atoms with van der Waals surface area (Å²) in [7, 11) is 0. The number of non-ortho nitro benzene ring substituents is 1. The van der Waals surface area contributed by atoms with Gasteiger partial charge in [-0.25, -0.2) is 0 Å². The van der Waals surface area contributed by atoms with Crippen molar-refractivity contribution in [3.63, 3.8) is 0 Å². The Bertz CT molecular complexity index is 520. The maximum absolute atomic E-state index is 12.1. The van der Waals surface area contributed by atoms with Gasteiger partial charge in [-0.2, -0.15) is 0 Å². The van der Waals surface area contributed by atoms with Crippen molar-refractivity contribution in [1.29, 1.82) is 0 Å². The number of aliphatic hydroxyl groups excluding tert-OH is 1. The van der Waals surface area contributed by atoms with Crippen LogP contribution in [-0.2, 0) is 4.79 Å². The fraction of sp³-hybridized carbons (Fsp3) is 0.500. The van der Waals surface area contributed by atoms with Gasteiger partial charge in [0.25, 0.3) is 5.69 Å². The van der Waals surface area contributed by atoms with Crippen LogP contribution in [0.5, 0.6) is 0 Å². The molecule has 21 heavy (non-hydrogen) atoms. The van der Waals surface area contributed by atoms with E-state index in [9.17, 15) is 20.0 Å². The molecule has 114 valence electrons. The van der Waals surface area contributed by atoms with Gasteiger partial charge in [0.15, 0.2) is 0 Å². The molecule has 0 radical (unpaired) electrons. The van der Waals surface area contributed by atoms with Crippen LogP contribution in [0.2, 0.25) is 0 Å². The summed E-state index contributed by atoms with van der Waals surface area (Å²) in [5.41, 5.74) is 0.0406. The lowest BCUT2D eigenvalue weighted by Crippen LogP contribution is -2.46. The summed E-state index contributed by atoms with van der Waals surface area (Å²) < 4.78 is 0. The largest absolute Gasteiger partial charge is 0.391 e. The molecule has 1 amide bonds. The minimum absolute atomic E-state index is 0.00990. The molecule has 1 heterocycles. The number of hydrogen-bond donors (Lipinski definition) is 1. The Morgan fingerprint density at radius 3 is 2.71 bits per heavy atom. The highest BCUT2D eigenvalue weighted by Crippen LogP contribution is 2.23. The molecule has 1 aliphatic rings. The Hall–Kier alpha value is -1.60. The lowest BCUT2D eigenvalue weighted by molar-refractivity contribution is -0.384. The second-order valence-corrected chi connectivity index (χ2v) is 6.26. The fourth-order valence-corrected chi connectivity index (χ4v) is 2.98. The topological polar surface area (TPSA) is 83.7 Å². The number of nitro benzene ring substituents is 1. The number of nitro groups is 1. The van der Waals surface area contributed by atoms with Gasteiger partial charge >= 0.3 is 0 Å². The Balaban J connectivity index is 1.85. The Morgan fingerprint density at radius 2 is 2.14 bits per heavy atom. The van der Waals surface area contributed by atoms with Gasteiger partial charge in [-0.1, -0.05) is 6.92 Å². The molecule has 1 aliphatic heterocycles. The van der Waals surface area contributed by atoms with E-state index >= 15 is 0 Å². The number of carbonyl (C=O) groups is 1. The van der Waals surface area contributed by atoms with E-state index in [0.717, 1.165) is 11.3 Å². The molecule has 0 spiro atoms. The number of likely N-dealkylation sites (tertiary alicyclic amines) is 1. The molecule has 2 rings (SSSR count). The first-order valence-electron chi connectivity index (χ1n) is 6.80. The lowest BCUT2D eigenvalue weighted by atomic mass is 9.96. The molecular formula is C14H18N2O4S. The third kappa shape index (κ3) is 4.18. The molecule has 0 bridgehead atoms. The van der Waals surface area contributed by atoms with Gasteiger partial charge in [0, 0.05) is 30.1 Å². The number of hydrogen-bond acceptors (Lipinski definition) is 5. The monoisotopic (exact) mass is 310 g/mol. The molecule has 1 N–H and O–H groups in total. The molecule has 0 aromatic heterocycles. The number of carbonyl (C=O) groups excluding carboxylic acids is 1. The number of benzene rings is 1. The van der Waals surface area contributed by atoms with Crippen LogP contribution in [0.3, 0.4) is 0 Å². The minimum Gasteiger partial charge on any atom is -0.391 e. The number of β-amino-alcohol motifs (C(OH)–C–C–N with tert-alkyl or cyclic N) is 1. The number of amides is 1. The first-order valence-corrected chi connectivity index (χ1v) is 7.79. The van der Waals surface area contributed by atoms with Crippen LogP contribution in [0.15, 0.2) is 29.2 Å². The van der Waals surface area contributed by atoms with Crippen molar-refractivity contribution in [3.8, 4) is 0 Å². The third-order valence-corrected chi connectivity index (χ3v) is 4.68. The minimum atomic E-state index is -0.452. The molecule has 2 unspecified atom stereocenters. The summed E-state index contributed by atoms with van der Waals surface area (Å²) in [6, 6.07) is 6.14. The highest BCUT2D eigenvalue weighted by atomic mass is 32.2. The van der Waals surface area contributed by atoms with Crippen molar-refractivity contribution in [2.75, 3.05) is 18.8 Å². The van der Waals surface area contributed by atoms with Crippen molar-refractivity contribution in [2.24, 2.45) is 5.92 Å². The van der Waals surface area contributed by atoms with E-state index < -0.39 is 11.0 Å². The van der Waals surface area contributed by atoms with Crippen molar-refractivity contribution >= 4 is 23.4 Å². The Labute approximate surface area is 127 Å². The normalized spacial score (nSPS) is 22.1. The first-order chi connectivity index (χ1) is 9.97. The summed E-state index contributed by atoms with van der Waals surface area (Å²) >= 11 is 1.35. The molecule has 1 saturated heterocycles. The highest BCUT2D eigenvalue weighted by Gasteiger charge is 2.27. The van der Waals surface area contributed by atoms with E-state index in [-0.39, 0.29) is 23.3 Å². The van der Waals surface area contributed by atoms with Gasteiger partial charge in [-0.05, 0) is 24.5 Å². The van der Waals surface area contributed by atoms with Gasteiger partial charge < -0.3 is 10.0 Å². The van der Waals surface area contributed by atoms with E-state index in [0.29, 0.717) is 13.1 Å². The molecule has 1 fully saturated rings. The molecule has 2 atom stereocenters. The summed E-state index contributed by atoms with van der Waals surface area (Å²) in [4.78, 5) is 24.7. The average Bonchev–Trinajstić information content (AvgIpc) is 2.48. The smallest absolute Gasteiger partial charge is 0.269 e. The maximum Gasteiger partial charge on any atom is 0.269 e. The van der Waals surface area contributed by atoms with Crippen molar-refractivity contribution in [3.05, 3.63) is 34.4 Å². The van der Waals surface area contributed by atoms with E-state index in [1.165, 1.54) is 23.9 Å². The second-order valence-electron chi connectivity index (χ2n) is 5.21. The van der Waals surface area contributed by atoms with Gasteiger partial charge in [0.1, 0.15) is 0 Å². The number of nitrogens with zero attached hydrogens (tertiary/aromatic N) is 2. The molecule has 1 aromatic carbocycles. The van der Waals surface area contributed by atoms with E-state index in [1.807, 2.05) is 6.92 Å². The zero-order valence-corrected chi connectivity index (χ0v) is 12.6. The van der Waals surface area contributed by atoms with Crippen LogP contribution in [0.25, 0.3) is 0 Å². The maximum atomic E-state index is 12.1. The molecule has 1 aromatic rings. The lowest BCUT2D eigenvalue weighted by Gasteiger charge is -2.34. The Morgan fingerprint density at radius 1 is 1.48 bits per heavy atom. The molecule has 0 saturated carbocycles. The highest BCUT2D eigenvalue weighted by molar-refractivity contribution is 8.00. The fourth-order valence-electron chi connectivity index (χ4n) is 2.18. The quantitative estimate of drug-likeness (QED) is 0.522. The van der Waals surface area contributed by atoms with Gasteiger partial charge in [0.2, 0.25) is 5.91 Å². The van der Waals surface area contributed by atoms with Crippen LogP contribution in [0.1, 0.15) is 13.3 Å². The van der Waals surface area contributed by atoms with E-state index in [2.05, 4.69) is 0 Å².